The number of nitrogens with one attached hydrogen (secondary N) is 1. The van der Waals surface area contributed by atoms with Crippen LogP contribution in [-0.4, -0.2) is 31.0 Å². The minimum absolute atomic E-state index is 0.0303. The van der Waals surface area contributed by atoms with Crippen molar-refractivity contribution >= 4 is 11.8 Å². The second-order valence-electron chi connectivity index (χ2n) is 5.66. The lowest BCUT2D eigenvalue weighted by molar-refractivity contribution is -0.138. The van der Waals surface area contributed by atoms with Crippen molar-refractivity contribution in [1.82, 2.24) is 14.3 Å². The molecule has 8 nitrogen and oxygen atoms in total. The number of nitrogens with zero attached hydrogens (tertiary/aromatic N) is 3. The highest BCUT2D eigenvalue weighted by Gasteiger charge is 2.35. The first-order valence-electron chi connectivity index (χ1n) is 6.99. The Bertz CT molecular complexity index is 655. The monoisotopic (exact) mass is 296 g/mol. The smallest absolute Gasteiger partial charge is 0.346 e. The Balaban J connectivity index is 2.39. The van der Waals surface area contributed by atoms with E-state index in [9.17, 15) is 14.4 Å². The fraction of sp³-hybridized carbons (Fsp3) is 0.692. The van der Waals surface area contributed by atoms with Crippen molar-refractivity contribution in [1.29, 1.82) is 0 Å². The molecule has 21 heavy (non-hydrogen) atoms. The lowest BCUT2D eigenvalue weighted by atomic mass is 9.79. The molecule has 0 aliphatic heterocycles. The van der Waals surface area contributed by atoms with Crippen LogP contribution in [0.4, 0.5) is 5.82 Å². The van der Waals surface area contributed by atoms with Gasteiger partial charge in [0, 0.05) is 19.6 Å². The van der Waals surface area contributed by atoms with E-state index in [1.54, 1.807) is 0 Å². The molecule has 1 saturated carbocycles. The van der Waals surface area contributed by atoms with Gasteiger partial charge in [-0.1, -0.05) is 19.3 Å². The predicted octanol–water partition coefficient (Wildman–Crippen LogP) is 0.0685. The van der Waals surface area contributed by atoms with Crippen LogP contribution in [0.25, 0.3) is 0 Å². The molecule has 1 aliphatic rings. The van der Waals surface area contributed by atoms with Crippen LogP contribution < -0.4 is 16.6 Å². The third-order valence-electron chi connectivity index (χ3n) is 4.00. The summed E-state index contributed by atoms with van der Waals surface area (Å²) in [4.78, 5) is 34.9. The lowest BCUT2D eigenvalue weighted by Gasteiger charge is -2.37. The van der Waals surface area contributed by atoms with Crippen LogP contribution in [0.5, 0.6) is 0 Å². The number of hydrogen-bond acceptors (Lipinski definition) is 5. The van der Waals surface area contributed by atoms with Gasteiger partial charge in [-0.25, -0.2) is 9.48 Å². The van der Waals surface area contributed by atoms with E-state index in [2.05, 4.69) is 10.4 Å². The standard InChI is InChI=1S/C13H20N4O4/c1-16-11(20)10(15-17(2)12(16)21)14-13(8-9(18)19)6-4-3-5-7-13/h3-8H2,1-2H3,(H,14,15)(H,18,19). The van der Waals surface area contributed by atoms with Crippen LogP contribution >= 0.6 is 0 Å². The Morgan fingerprint density at radius 1 is 1.29 bits per heavy atom. The van der Waals surface area contributed by atoms with E-state index in [0.717, 1.165) is 28.5 Å². The van der Waals surface area contributed by atoms with E-state index in [0.29, 0.717) is 12.8 Å². The summed E-state index contributed by atoms with van der Waals surface area (Å²) in [6, 6.07) is 0. The summed E-state index contributed by atoms with van der Waals surface area (Å²) < 4.78 is 2.04. The summed E-state index contributed by atoms with van der Waals surface area (Å²) >= 11 is 0. The maximum absolute atomic E-state index is 12.1. The average molecular weight is 296 g/mol. The SMILES string of the molecule is Cn1nc(NC2(CC(=O)O)CCCCC2)c(=O)n(C)c1=O. The summed E-state index contributed by atoms with van der Waals surface area (Å²) in [6.07, 6.45) is 4.15. The Labute approximate surface area is 121 Å². The van der Waals surface area contributed by atoms with Gasteiger partial charge in [0.15, 0.2) is 0 Å². The number of aromatic nitrogens is 3. The largest absolute Gasteiger partial charge is 0.481 e. The van der Waals surface area contributed by atoms with Crippen LogP contribution in [0.1, 0.15) is 38.5 Å². The summed E-state index contributed by atoms with van der Waals surface area (Å²) in [5, 5.41) is 16.1. The van der Waals surface area contributed by atoms with Crippen LogP contribution in [0.15, 0.2) is 9.59 Å². The van der Waals surface area contributed by atoms with Gasteiger partial charge in [0.05, 0.1) is 6.42 Å². The number of aryl methyl sites for hydroxylation is 1. The van der Waals surface area contributed by atoms with Crippen molar-refractivity contribution in [3.63, 3.8) is 0 Å². The van der Waals surface area contributed by atoms with Crippen molar-refractivity contribution in [3.05, 3.63) is 20.8 Å². The molecule has 0 amide bonds. The summed E-state index contributed by atoms with van der Waals surface area (Å²) in [5.74, 6) is -0.881. The van der Waals surface area contributed by atoms with Crippen molar-refractivity contribution < 1.29 is 9.90 Å². The predicted molar refractivity (Wildman–Crippen MR) is 76.4 cm³/mol. The van der Waals surface area contributed by atoms with Crippen LogP contribution in [0.3, 0.4) is 0 Å². The van der Waals surface area contributed by atoms with E-state index in [1.807, 2.05) is 0 Å². The molecule has 1 aromatic heterocycles. The molecule has 0 spiro atoms. The van der Waals surface area contributed by atoms with Crippen molar-refractivity contribution in [3.8, 4) is 0 Å². The molecular weight excluding hydrogens is 276 g/mol. The highest BCUT2D eigenvalue weighted by molar-refractivity contribution is 5.69. The van der Waals surface area contributed by atoms with Gasteiger partial charge in [0.2, 0.25) is 5.82 Å². The highest BCUT2D eigenvalue weighted by atomic mass is 16.4. The van der Waals surface area contributed by atoms with Gasteiger partial charge in [0.1, 0.15) is 0 Å². The Morgan fingerprint density at radius 2 is 1.90 bits per heavy atom. The summed E-state index contributed by atoms with van der Waals surface area (Å²) in [7, 11) is 2.83. The molecule has 2 rings (SSSR count). The van der Waals surface area contributed by atoms with Gasteiger partial charge in [-0.05, 0) is 12.8 Å². The van der Waals surface area contributed by atoms with Crippen molar-refractivity contribution in [2.75, 3.05) is 5.32 Å². The molecule has 0 unspecified atom stereocenters. The Hall–Kier alpha value is -2.12. The van der Waals surface area contributed by atoms with Gasteiger partial charge < -0.3 is 10.4 Å². The molecule has 8 heteroatoms. The number of carboxylic acid groups (broad SMARTS) is 1. The number of rotatable bonds is 4. The van der Waals surface area contributed by atoms with Gasteiger partial charge in [0.25, 0.3) is 5.56 Å². The molecule has 2 N–H and O–H groups in total. The minimum atomic E-state index is -0.911. The highest BCUT2D eigenvalue weighted by Crippen LogP contribution is 2.33. The molecule has 1 aliphatic carbocycles. The molecular formula is C13H20N4O4. The molecule has 1 heterocycles. The van der Waals surface area contributed by atoms with Crippen LogP contribution in [0.2, 0.25) is 0 Å². The lowest BCUT2D eigenvalue weighted by Crippen LogP contribution is -2.47. The maximum atomic E-state index is 12.1. The second kappa shape index (κ2) is 5.71. The van der Waals surface area contributed by atoms with Crippen molar-refractivity contribution in [2.24, 2.45) is 14.1 Å². The van der Waals surface area contributed by atoms with Gasteiger partial charge in [-0.15, -0.1) is 5.10 Å². The Kier molecular flexibility index (Phi) is 4.15. The topological polar surface area (TPSA) is 106 Å². The van der Waals surface area contributed by atoms with Crippen LogP contribution in [0, 0.1) is 0 Å². The molecule has 0 atom stereocenters. The molecule has 0 saturated heterocycles. The zero-order valence-corrected chi connectivity index (χ0v) is 12.3. The zero-order valence-electron chi connectivity index (χ0n) is 12.3. The quantitative estimate of drug-likeness (QED) is 0.814. The number of anilines is 1. The van der Waals surface area contributed by atoms with E-state index in [-0.39, 0.29) is 12.2 Å². The minimum Gasteiger partial charge on any atom is -0.481 e. The fourth-order valence-electron chi connectivity index (χ4n) is 2.89. The zero-order chi connectivity index (χ0) is 15.6. The summed E-state index contributed by atoms with van der Waals surface area (Å²) in [6.45, 7) is 0. The number of carbonyl (C=O) groups is 1. The fourth-order valence-corrected chi connectivity index (χ4v) is 2.89. The molecule has 1 aromatic rings. The van der Waals surface area contributed by atoms with Gasteiger partial charge in [-0.3, -0.25) is 14.2 Å². The number of carboxylic acids is 1. The summed E-state index contributed by atoms with van der Waals surface area (Å²) in [5.41, 5.74) is -1.71. The molecule has 0 bridgehead atoms. The van der Waals surface area contributed by atoms with E-state index >= 15 is 0 Å². The van der Waals surface area contributed by atoms with E-state index in [1.165, 1.54) is 14.1 Å². The maximum Gasteiger partial charge on any atom is 0.346 e. The average Bonchev–Trinajstić information content (AvgIpc) is 2.42. The molecule has 1 fully saturated rings. The second-order valence-corrected chi connectivity index (χ2v) is 5.66. The van der Waals surface area contributed by atoms with E-state index < -0.39 is 22.8 Å². The molecule has 0 radical (unpaired) electrons. The van der Waals surface area contributed by atoms with E-state index in [4.69, 9.17) is 5.11 Å². The first-order valence-corrected chi connectivity index (χ1v) is 6.99. The Morgan fingerprint density at radius 3 is 2.48 bits per heavy atom. The van der Waals surface area contributed by atoms with Gasteiger partial charge >= 0.3 is 11.7 Å². The molecule has 0 aromatic carbocycles. The van der Waals surface area contributed by atoms with Crippen LogP contribution in [-0.2, 0) is 18.9 Å². The first kappa shape index (κ1) is 15.3. The third-order valence-corrected chi connectivity index (χ3v) is 4.00. The third kappa shape index (κ3) is 3.14. The molecule has 116 valence electrons. The number of hydrogen-bond donors (Lipinski definition) is 2. The number of aliphatic carboxylic acids is 1. The van der Waals surface area contributed by atoms with Crippen molar-refractivity contribution in [2.45, 2.75) is 44.1 Å². The normalized spacial score (nSPS) is 17.4. The first-order chi connectivity index (χ1) is 9.84. The van der Waals surface area contributed by atoms with Gasteiger partial charge in [-0.2, -0.15) is 0 Å².